The van der Waals surface area contributed by atoms with Crippen molar-refractivity contribution >= 4 is 6.08 Å². The molecule has 1 heteroatoms. The number of rotatable bonds is 3. The second-order valence-corrected chi connectivity index (χ2v) is 4.72. The van der Waals surface area contributed by atoms with Crippen molar-refractivity contribution < 1.29 is 0 Å². The summed E-state index contributed by atoms with van der Waals surface area (Å²) in [5.41, 5.74) is 2.69. The van der Waals surface area contributed by atoms with E-state index in [1.54, 1.807) is 0 Å². The summed E-state index contributed by atoms with van der Waals surface area (Å²) in [7, 11) is 0. The third-order valence-corrected chi connectivity index (χ3v) is 3.59. The van der Waals surface area contributed by atoms with Gasteiger partial charge in [-0.05, 0) is 37.4 Å². The number of piperidine rings is 1. The molecule has 1 fully saturated rings. The first-order chi connectivity index (χ1) is 7.81. The highest BCUT2D eigenvalue weighted by Crippen LogP contribution is 2.21. The Bertz CT molecular complexity index is 356. The summed E-state index contributed by atoms with van der Waals surface area (Å²) < 4.78 is 0. The van der Waals surface area contributed by atoms with E-state index in [1.165, 1.54) is 36.9 Å². The Balaban J connectivity index is 2.10. The Kier molecular flexibility index (Phi) is 3.79. The molecule has 1 saturated heterocycles. The first kappa shape index (κ1) is 11.4. The van der Waals surface area contributed by atoms with Crippen molar-refractivity contribution in [3.05, 3.63) is 42.0 Å². The average molecular weight is 215 g/mol. The van der Waals surface area contributed by atoms with Gasteiger partial charge in [-0.25, -0.2) is 0 Å². The molecule has 1 heterocycles. The van der Waals surface area contributed by atoms with Crippen LogP contribution in [-0.4, -0.2) is 17.5 Å². The highest BCUT2D eigenvalue weighted by atomic mass is 15.2. The number of nitrogens with zero attached hydrogens (tertiary/aromatic N) is 1. The molecule has 0 saturated carbocycles. The van der Waals surface area contributed by atoms with Gasteiger partial charge in [0.05, 0.1) is 0 Å². The van der Waals surface area contributed by atoms with E-state index in [1.807, 2.05) is 6.08 Å². The van der Waals surface area contributed by atoms with Crippen LogP contribution in [0.25, 0.3) is 6.08 Å². The molecule has 0 N–H and O–H groups in total. The van der Waals surface area contributed by atoms with Crippen LogP contribution in [-0.2, 0) is 6.54 Å². The minimum Gasteiger partial charge on any atom is -0.296 e. The predicted molar refractivity (Wildman–Crippen MR) is 70.3 cm³/mol. The van der Waals surface area contributed by atoms with Gasteiger partial charge in [-0.15, -0.1) is 0 Å². The monoisotopic (exact) mass is 215 g/mol. The summed E-state index contributed by atoms with van der Waals surface area (Å²) in [6.45, 7) is 8.54. The Morgan fingerprint density at radius 2 is 2.19 bits per heavy atom. The standard InChI is InChI=1S/C15H21N/c1-3-14-9-4-5-10-15(14)12-16-11-7-6-8-13(16)2/h3-5,9-10,13H,1,6-8,11-12H2,2H3. The van der Waals surface area contributed by atoms with Crippen LogP contribution in [0.2, 0.25) is 0 Å². The van der Waals surface area contributed by atoms with Crippen molar-refractivity contribution in [2.45, 2.75) is 38.8 Å². The maximum Gasteiger partial charge on any atom is 0.0242 e. The minimum atomic E-state index is 0.728. The van der Waals surface area contributed by atoms with Gasteiger partial charge >= 0.3 is 0 Å². The molecule has 0 spiro atoms. The molecular formula is C15H21N. The van der Waals surface area contributed by atoms with Gasteiger partial charge in [-0.2, -0.15) is 0 Å². The van der Waals surface area contributed by atoms with Crippen LogP contribution in [0, 0.1) is 0 Å². The Morgan fingerprint density at radius 3 is 2.94 bits per heavy atom. The molecule has 0 bridgehead atoms. The van der Waals surface area contributed by atoms with Crippen molar-refractivity contribution in [1.82, 2.24) is 4.90 Å². The van der Waals surface area contributed by atoms with Gasteiger partial charge in [0, 0.05) is 12.6 Å². The molecule has 1 aromatic carbocycles. The Morgan fingerprint density at radius 1 is 1.38 bits per heavy atom. The zero-order valence-electron chi connectivity index (χ0n) is 10.2. The second-order valence-electron chi connectivity index (χ2n) is 4.72. The molecule has 1 aliphatic rings. The van der Waals surface area contributed by atoms with Crippen LogP contribution in [0.15, 0.2) is 30.8 Å². The molecule has 0 radical (unpaired) electrons. The SMILES string of the molecule is C=Cc1ccccc1CN1CCCCC1C. The number of likely N-dealkylation sites (tertiary alicyclic amines) is 1. The van der Waals surface area contributed by atoms with Gasteiger partial charge in [-0.3, -0.25) is 4.90 Å². The summed E-state index contributed by atoms with van der Waals surface area (Å²) in [6, 6.07) is 9.30. The third kappa shape index (κ3) is 2.53. The summed E-state index contributed by atoms with van der Waals surface area (Å²) in [5.74, 6) is 0. The van der Waals surface area contributed by atoms with Crippen LogP contribution in [0.3, 0.4) is 0 Å². The predicted octanol–water partition coefficient (Wildman–Crippen LogP) is 3.70. The first-order valence-electron chi connectivity index (χ1n) is 6.25. The molecule has 0 aromatic heterocycles. The minimum absolute atomic E-state index is 0.728. The maximum absolute atomic E-state index is 3.89. The lowest BCUT2D eigenvalue weighted by atomic mass is 10.0. The molecule has 1 aliphatic heterocycles. The van der Waals surface area contributed by atoms with Gasteiger partial charge in [0.15, 0.2) is 0 Å². The molecule has 2 rings (SSSR count). The fourth-order valence-corrected chi connectivity index (χ4v) is 2.49. The number of hydrogen-bond donors (Lipinski definition) is 0. The summed E-state index contributed by atoms with van der Waals surface area (Å²) in [4.78, 5) is 2.59. The van der Waals surface area contributed by atoms with E-state index in [4.69, 9.17) is 0 Å². The lowest BCUT2D eigenvalue weighted by Crippen LogP contribution is -2.36. The Hall–Kier alpha value is -1.08. The fraction of sp³-hybridized carbons (Fsp3) is 0.467. The van der Waals surface area contributed by atoms with Crippen LogP contribution in [0.1, 0.15) is 37.3 Å². The molecule has 86 valence electrons. The van der Waals surface area contributed by atoms with Crippen molar-refractivity contribution in [3.8, 4) is 0 Å². The third-order valence-electron chi connectivity index (χ3n) is 3.59. The van der Waals surface area contributed by atoms with E-state index in [0.717, 1.165) is 12.6 Å². The molecule has 0 aliphatic carbocycles. The highest BCUT2D eigenvalue weighted by Gasteiger charge is 2.18. The van der Waals surface area contributed by atoms with Crippen molar-refractivity contribution in [2.75, 3.05) is 6.54 Å². The van der Waals surface area contributed by atoms with Crippen LogP contribution >= 0.6 is 0 Å². The summed E-state index contributed by atoms with van der Waals surface area (Å²) >= 11 is 0. The second kappa shape index (κ2) is 5.31. The molecule has 1 nitrogen and oxygen atoms in total. The van der Waals surface area contributed by atoms with Crippen molar-refractivity contribution in [3.63, 3.8) is 0 Å². The van der Waals surface area contributed by atoms with Gasteiger partial charge in [0.25, 0.3) is 0 Å². The van der Waals surface area contributed by atoms with E-state index in [2.05, 4.69) is 42.7 Å². The quantitative estimate of drug-likeness (QED) is 0.743. The molecule has 1 aromatic rings. The van der Waals surface area contributed by atoms with Gasteiger partial charge < -0.3 is 0 Å². The van der Waals surface area contributed by atoms with Crippen LogP contribution in [0.4, 0.5) is 0 Å². The lowest BCUT2D eigenvalue weighted by molar-refractivity contribution is 0.152. The molecule has 1 atom stereocenters. The maximum atomic E-state index is 3.89. The van der Waals surface area contributed by atoms with E-state index in [-0.39, 0.29) is 0 Å². The van der Waals surface area contributed by atoms with E-state index in [9.17, 15) is 0 Å². The molecular weight excluding hydrogens is 194 g/mol. The van der Waals surface area contributed by atoms with Crippen molar-refractivity contribution in [2.24, 2.45) is 0 Å². The van der Waals surface area contributed by atoms with E-state index >= 15 is 0 Å². The van der Waals surface area contributed by atoms with E-state index < -0.39 is 0 Å². The average Bonchev–Trinajstić information content (AvgIpc) is 2.33. The molecule has 16 heavy (non-hydrogen) atoms. The van der Waals surface area contributed by atoms with Crippen LogP contribution in [0.5, 0.6) is 0 Å². The molecule has 0 amide bonds. The summed E-state index contributed by atoms with van der Waals surface area (Å²) in [5, 5.41) is 0. The highest BCUT2D eigenvalue weighted by molar-refractivity contribution is 5.51. The van der Waals surface area contributed by atoms with Gasteiger partial charge in [0.2, 0.25) is 0 Å². The molecule has 1 unspecified atom stereocenters. The van der Waals surface area contributed by atoms with Gasteiger partial charge in [0.1, 0.15) is 0 Å². The lowest BCUT2D eigenvalue weighted by Gasteiger charge is -2.33. The largest absolute Gasteiger partial charge is 0.296 e. The first-order valence-corrected chi connectivity index (χ1v) is 6.25. The normalized spacial score (nSPS) is 21.9. The van der Waals surface area contributed by atoms with E-state index in [0.29, 0.717) is 0 Å². The topological polar surface area (TPSA) is 3.24 Å². The number of hydrogen-bond acceptors (Lipinski definition) is 1. The smallest absolute Gasteiger partial charge is 0.0242 e. The Labute approximate surface area is 98.8 Å². The van der Waals surface area contributed by atoms with Crippen molar-refractivity contribution in [1.29, 1.82) is 0 Å². The summed E-state index contributed by atoms with van der Waals surface area (Å²) in [6.07, 6.45) is 6.04. The fourth-order valence-electron chi connectivity index (χ4n) is 2.49. The zero-order valence-corrected chi connectivity index (χ0v) is 10.2. The van der Waals surface area contributed by atoms with Crippen LogP contribution < -0.4 is 0 Å². The van der Waals surface area contributed by atoms with Gasteiger partial charge in [-0.1, -0.05) is 43.3 Å². The zero-order chi connectivity index (χ0) is 11.4. The number of benzene rings is 1.